The van der Waals surface area contributed by atoms with Gasteiger partial charge in [0.25, 0.3) is 0 Å². The summed E-state index contributed by atoms with van der Waals surface area (Å²) in [6.45, 7) is 4.50. The number of rotatable bonds is 6. The molecule has 1 atom stereocenters. The molecule has 2 nitrogen and oxygen atoms in total. The number of nitrogens with zero attached hydrogens (tertiary/aromatic N) is 2. The predicted octanol–water partition coefficient (Wildman–Crippen LogP) is 13.3. The largest absolute Gasteiger partial charge is 0.318 e. The lowest BCUT2D eigenvalue weighted by Crippen LogP contribution is -2.28. The van der Waals surface area contributed by atoms with E-state index in [2.05, 4.69) is 200 Å². The van der Waals surface area contributed by atoms with Gasteiger partial charge in [0.1, 0.15) is 0 Å². The zero-order valence-corrected chi connectivity index (χ0v) is 30.3. The van der Waals surface area contributed by atoms with Crippen molar-refractivity contribution < 1.29 is 0 Å². The quantitative estimate of drug-likeness (QED) is 0.172. The van der Waals surface area contributed by atoms with Gasteiger partial charge in [-0.15, -0.1) is 0 Å². The molecule has 6 aromatic carbocycles. The van der Waals surface area contributed by atoms with Crippen LogP contribution in [0.25, 0.3) is 22.3 Å². The van der Waals surface area contributed by atoms with Crippen LogP contribution in [0.4, 0.5) is 22.7 Å². The number of benzene rings is 6. The number of allylic oxidation sites excluding steroid dienone is 8. The van der Waals surface area contributed by atoms with E-state index in [-0.39, 0.29) is 0 Å². The van der Waals surface area contributed by atoms with Crippen molar-refractivity contribution in [2.45, 2.75) is 38.5 Å². The maximum Gasteiger partial charge on any atom is 0.0727 e. The van der Waals surface area contributed by atoms with Crippen molar-refractivity contribution in [1.82, 2.24) is 0 Å². The smallest absolute Gasteiger partial charge is 0.0727 e. The Balaban J connectivity index is 1.24. The lowest BCUT2D eigenvalue weighted by molar-refractivity contribution is 0.685. The normalized spacial score (nSPS) is 17.1. The molecule has 4 aliphatic rings. The van der Waals surface area contributed by atoms with E-state index in [1.807, 2.05) is 0 Å². The third-order valence-electron chi connectivity index (χ3n) is 11.7. The molecule has 10 rings (SSSR count). The van der Waals surface area contributed by atoms with Gasteiger partial charge in [-0.3, -0.25) is 0 Å². The Kier molecular flexibility index (Phi) is 7.47. The van der Waals surface area contributed by atoms with Crippen molar-refractivity contribution >= 4 is 22.7 Å². The Labute approximate surface area is 313 Å². The van der Waals surface area contributed by atoms with Gasteiger partial charge in [0.2, 0.25) is 0 Å². The Hall–Kier alpha value is -6.12. The van der Waals surface area contributed by atoms with Crippen molar-refractivity contribution in [3.63, 3.8) is 0 Å². The van der Waals surface area contributed by atoms with E-state index in [0.717, 1.165) is 36.3 Å². The molecule has 0 radical (unpaired) electrons. The monoisotopic (exact) mass is 682 g/mol. The van der Waals surface area contributed by atoms with Crippen LogP contribution in [-0.4, -0.2) is 0 Å². The van der Waals surface area contributed by atoms with Gasteiger partial charge < -0.3 is 9.80 Å². The van der Waals surface area contributed by atoms with Crippen molar-refractivity contribution in [2.24, 2.45) is 5.92 Å². The van der Waals surface area contributed by atoms with Crippen LogP contribution in [0.3, 0.4) is 0 Å². The maximum atomic E-state index is 2.56. The average molecular weight is 683 g/mol. The summed E-state index contributed by atoms with van der Waals surface area (Å²) in [5, 5.41) is 0. The van der Waals surface area contributed by atoms with Gasteiger partial charge in [-0.05, 0) is 143 Å². The van der Waals surface area contributed by atoms with Crippen LogP contribution >= 0.6 is 0 Å². The van der Waals surface area contributed by atoms with Gasteiger partial charge in [0.15, 0.2) is 0 Å². The molecule has 4 aliphatic carbocycles. The summed E-state index contributed by atoms with van der Waals surface area (Å²) < 4.78 is 0. The molecule has 0 saturated carbocycles. The fourth-order valence-corrected chi connectivity index (χ4v) is 9.47. The van der Waals surface area contributed by atoms with E-state index in [1.54, 1.807) is 0 Å². The van der Waals surface area contributed by atoms with Crippen LogP contribution < -0.4 is 9.80 Å². The first-order valence-electron chi connectivity index (χ1n) is 19.0. The van der Waals surface area contributed by atoms with Gasteiger partial charge in [-0.2, -0.15) is 0 Å². The molecule has 1 unspecified atom stereocenters. The zero-order valence-electron chi connectivity index (χ0n) is 30.3. The van der Waals surface area contributed by atoms with E-state index in [1.165, 1.54) is 67.2 Å². The van der Waals surface area contributed by atoms with Crippen molar-refractivity contribution in [1.29, 1.82) is 0 Å². The van der Waals surface area contributed by atoms with Gasteiger partial charge >= 0.3 is 0 Å². The van der Waals surface area contributed by atoms with Crippen LogP contribution in [0.2, 0.25) is 0 Å². The lowest BCUT2D eigenvalue weighted by Gasteiger charge is -2.35. The Morgan fingerprint density at radius 1 is 0.509 bits per heavy atom. The molecule has 0 N–H and O–H groups in total. The molecule has 1 spiro atoms. The molecule has 6 aromatic rings. The van der Waals surface area contributed by atoms with E-state index in [4.69, 9.17) is 0 Å². The van der Waals surface area contributed by atoms with Crippen molar-refractivity contribution in [3.05, 3.63) is 215 Å². The molecular formula is C51H42N2. The Bertz CT molecular complexity index is 2480. The first kappa shape index (κ1) is 31.6. The maximum absolute atomic E-state index is 2.56. The molecule has 0 fully saturated rings. The Morgan fingerprint density at radius 2 is 1.09 bits per heavy atom. The summed E-state index contributed by atoms with van der Waals surface area (Å²) in [6, 6.07) is 52.4. The molecular weight excluding hydrogens is 641 g/mol. The number of aryl methyl sites for hydroxylation is 1. The molecule has 53 heavy (non-hydrogen) atoms. The van der Waals surface area contributed by atoms with Crippen LogP contribution in [-0.2, 0) is 5.41 Å². The SMILES string of the molecule is Cc1cccc(N(c2ccccc2)c2ccc3c(c2)C2(c4ccccc4-c4ccccc42)c2cc(N(C4=CC=CCC4)C4=CC=CC(C)C4)ccc2-3)c1. The number of hydrogen-bond acceptors (Lipinski definition) is 2. The fourth-order valence-electron chi connectivity index (χ4n) is 9.47. The third-order valence-corrected chi connectivity index (χ3v) is 11.7. The van der Waals surface area contributed by atoms with E-state index in [9.17, 15) is 0 Å². The lowest BCUT2D eigenvalue weighted by atomic mass is 9.70. The highest BCUT2D eigenvalue weighted by Gasteiger charge is 2.52. The molecule has 256 valence electrons. The molecule has 0 aromatic heterocycles. The van der Waals surface area contributed by atoms with E-state index < -0.39 is 5.41 Å². The number of fused-ring (bicyclic) bond motifs is 10. The highest BCUT2D eigenvalue weighted by molar-refractivity contribution is 5.97. The Morgan fingerprint density at radius 3 is 1.74 bits per heavy atom. The first-order valence-corrected chi connectivity index (χ1v) is 19.0. The van der Waals surface area contributed by atoms with E-state index in [0.29, 0.717) is 5.92 Å². The summed E-state index contributed by atoms with van der Waals surface area (Å²) in [6.07, 6.45) is 16.8. The number of hydrogen-bond donors (Lipinski definition) is 0. The molecule has 2 heteroatoms. The summed E-state index contributed by atoms with van der Waals surface area (Å²) in [5.74, 6) is 0.496. The minimum atomic E-state index is -0.473. The molecule has 0 saturated heterocycles. The second-order valence-corrected chi connectivity index (χ2v) is 15.0. The summed E-state index contributed by atoms with van der Waals surface area (Å²) in [7, 11) is 0. The summed E-state index contributed by atoms with van der Waals surface area (Å²) >= 11 is 0. The molecule has 0 amide bonds. The standard InChI is InChI=1S/C51H42N2/c1-35-15-13-21-39(31-35)52(37-17-5-3-6-18-37)41-27-29-45-46-30-28-42(53(38-19-7-4-8-20-38)40-22-14-16-36(2)32-40)34-50(46)51(49(45)33-41)47-25-11-9-23-43(47)44-24-10-12-26-48(44)51/h3-7,9-19,21-31,33-34,36H,8,20,32H2,1-2H3. The summed E-state index contributed by atoms with van der Waals surface area (Å²) in [4.78, 5) is 4.98. The fraction of sp³-hybridized carbons (Fsp3) is 0.137. The van der Waals surface area contributed by atoms with Crippen molar-refractivity contribution in [2.75, 3.05) is 9.80 Å². The third kappa shape index (κ3) is 4.93. The molecule has 0 bridgehead atoms. The number of para-hydroxylation sites is 1. The molecule has 0 heterocycles. The minimum Gasteiger partial charge on any atom is -0.318 e. The van der Waals surface area contributed by atoms with Crippen molar-refractivity contribution in [3.8, 4) is 22.3 Å². The molecule has 0 aliphatic heterocycles. The average Bonchev–Trinajstić information content (AvgIpc) is 3.66. The topological polar surface area (TPSA) is 6.48 Å². The van der Waals surface area contributed by atoms with Crippen LogP contribution in [0.1, 0.15) is 54.0 Å². The van der Waals surface area contributed by atoms with Gasteiger partial charge in [0.05, 0.1) is 5.41 Å². The summed E-state index contributed by atoms with van der Waals surface area (Å²) in [5.41, 5.74) is 18.9. The second-order valence-electron chi connectivity index (χ2n) is 15.0. The van der Waals surface area contributed by atoms with E-state index >= 15 is 0 Å². The van der Waals surface area contributed by atoms with Gasteiger partial charge in [0, 0.05) is 34.1 Å². The second kappa shape index (κ2) is 12.5. The van der Waals surface area contributed by atoms with Gasteiger partial charge in [-0.25, -0.2) is 0 Å². The predicted molar refractivity (Wildman–Crippen MR) is 222 cm³/mol. The van der Waals surface area contributed by atoms with Gasteiger partial charge in [-0.1, -0.05) is 122 Å². The van der Waals surface area contributed by atoms with Crippen LogP contribution in [0, 0.1) is 12.8 Å². The highest BCUT2D eigenvalue weighted by Crippen LogP contribution is 2.64. The van der Waals surface area contributed by atoms with Crippen LogP contribution in [0.15, 0.2) is 187 Å². The highest BCUT2D eigenvalue weighted by atomic mass is 15.2. The first-order chi connectivity index (χ1) is 26.1. The number of anilines is 4. The van der Waals surface area contributed by atoms with Crippen LogP contribution in [0.5, 0.6) is 0 Å². The minimum absolute atomic E-state index is 0.473. The zero-order chi connectivity index (χ0) is 35.5.